The molecular formula is C18H19BrN2O2. The molecule has 120 valence electrons. The van der Waals surface area contributed by atoms with Gasteiger partial charge in [0.15, 0.2) is 6.61 Å². The van der Waals surface area contributed by atoms with Crippen molar-refractivity contribution in [2.45, 2.75) is 32.6 Å². The lowest BCUT2D eigenvalue weighted by atomic mass is 9.95. The molecule has 1 aromatic carbocycles. The summed E-state index contributed by atoms with van der Waals surface area (Å²) in [5.74, 6) is 0.630. The largest absolute Gasteiger partial charge is 0.483 e. The number of carbonyl (C=O) groups is 1. The molecule has 0 spiro atoms. The minimum absolute atomic E-state index is 0.00552. The van der Waals surface area contributed by atoms with Gasteiger partial charge in [0.05, 0.1) is 0 Å². The highest BCUT2D eigenvalue weighted by atomic mass is 79.9. The maximum Gasteiger partial charge on any atom is 0.262 e. The van der Waals surface area contributed by atoms with Crippen LogP contribution in [-0.2, 0) is 17.6 Å². The third-order valence-corrected chi connectivity index (χ3v) is 4.88. The molecule has 0 bridgehead atoms. The molecule has 0 saturated heterocycles. The zero-order valence-corrected chi connectivity index (χ0v) is 14.6. The van der Waals surface area contributed by atoms with Crippen LogP contribution in [0.2, 0.25) is 0 Å². The number of halogens is 1. The molecule has 1 N–H and O–H groups in total. The van der Waals surface area contributed by atoms with E-state index in [9.17, 15) is 4.79 Å². The second kappa shape index (κ2) is 7.13. The Kier molecular flexibility index (Phi) is 4.96. The summed E-state index contributed by atoms with van der Waals surface area (Å²) in [5, 5.41) is 2.86. The highest BCUT2D eigenvalue weighted by Gasteiger charge is 2.16. The number of nitrogens with zero attached hydrogens (tertiary/aromatic N) is 1. The number of nitrogens with one attached hydrogen (secondary N) is 1. The van der Waals surface area contributed by atoms with Gasteiger partial charge in [-0.2, -0.15) is 0 Å². The fourth-order valence-corrected chi connectivity index (χ4v) is 3.04. The van der Waals surface area contributed by atoms with Crippen LogP contribution in [0.4, 0.5) is 5.69 Å². The van der Waals surface area contributed by atoms with Crippen LogP contribution in [0.3, 0.4) is 0 Å². The van der Waals surface area contributed by atoms with Crippen molar-refractivity contribution < 1.29 is 9.53 Å². The van der Waals surface area contributed by atoms with E-state index >= 15 is 0 Å². The van der Waals surface area contributed by atoms with Gasteiger partial charge in [0, 0.05) is 27.6 Å². The van der Waals surface area contributed by atoms with Gasteiger partial charge in [-0.3, -0.25) is 9.78 Å². The molecule has 4 nitrogen and oxygen atoms in total. The van der Waals surface area contributed by atoms with Crippen molar-refractivity contribution in [2.24, 2.45) is 0 Å². The van der Waals surface area contributed by atoms with Gasteiger partial charge >= 0.3 is 0 Å². The maximum atomic E-state index is 12.1. The number of rotatable bonds is 4. The van der Waals surface area contributed by atoms with E-state index in [0.717, 1.165) is 52.0 Å². The molecule has 1 amide bonds. The summed E-state index contributed by atoms with van der Waals surface area (Å²) in [6.07, 6.45) is 6.06. The Morgan fingerprint density at radius 3 is 2.96 bits per heavy atom. The van der Waals surface area contributed by atoms with Crippen molar-refractivity contribution in [1.29, 1.82) is 0 Å². The van der Waals surface area contributed by atoms with E-state index in [1.54, 1.807) is 6.20 Å². The number of hydrogen-bond donors (Lipinski definition) is 1. The summed E-state index contributed by atoms with van der Waals surface area (Å²) in [6.45, 7) is 1.99. The first kappa shape index (κ1) is 16.0. The van der Waals surface area contributed by atoms with Crippen LogP contribution < -0.4 is 10.1 Å². The van der Waals surface area contributed by atoms with Gasteiger partial charge in [-0.15, -0.1) is 0 Å². The number of benzene rings is 1. The Labute approximate surface area is 144 Å². The molecule has 1 aliphatic carbocycles. The summed E-state index contributed by atoms with van der Waals surface area (Å²) in [5.41, 5.74) is 4.12. The van der Waals surface area contributed by atoms with Gasteiger partial charge in [0.2, 0.25) is 0 Å². The fourth-order valence-electron chi connectivity index (χ4n) is 2.79. The molecule has 0 aliphatic heterocycles. The summed E-state index contributed by atoms with van der Waals surface area (Å²) in [4.78, 5) is 16.5. The molecule has 5 heteroatoms. The van der Waals surface area contributed by atoms with Crippen molar-refractivity contribution in [1.82, 2.24) is 4.98 Å². The smallest absolute Gasteiger partial charge is 0.262 e. The topological polar surface area (TPSA) is 51.2 Å². The summed E-state index contributed by atoms with van der Waals surface area (Å²) < 4.78 is 6.75. The molecule has 1 heterocycles. The molecule has 1 aromatic heterocycles. The van der Waals surface area contributed by atoms with Crippen LogP contribution in [0.1, 0.15) is 29.7 Å². The van der Waals surface area contributed by atoms with Crippen molar-refractivity contribution in [2.75, 3.05) is 11.9 Å². The van der Waals surface area contributed by atoms with Crippen molar-refractivity contribution in [3.63, 3.8) is 0 Å². The number of ether oxygens (including phenoxy) is 1. The molecule has 0 saturated carbocycles. The van der Waals surface area contributed by atoms with E-state index in [-0.39, 0.29) is 12.5 Å². The van der Waals surface area contributed by atoms with Crippen LogP contribution in [-0.4, -0.2) is 17.5 Å². The number of carbonyl (C=O) groups excluding carboxylic acids is 1. The Morgan fingerprint density at radius 2 is 2.13 bits per heavy atom. The van der Waals surface area contributed by atoms with E-state index in [0.29, 0.717) is 0 Å². The van der Waals surface area contributed by atoms with E-state index in [1.165, 1.54) is 6.42 Å². The molecule has 0 radical (unpaired) electrons. The molecule has 0 unspecified atom stereocenters. The van der Waals surface area contributed by atoms with E-state index in [1.807, 2.05) is 31.2 Å². The highest BCUT2D eigenvalue weighted by molar-refractivity contribution is 9.10. The predicted molar refractivity (Wildman–Crippen MR) is 93.9 cm³/mol. The molecular weight excluding hydrogens is 356 g/mol. The molecule has 0 fully saturated rings. The minimum Gasteiger partial charge on any atom is -0.483 e. The van der Waals surface area contributed by atoms with E-state index in [2.05, 4.69) is 26.2 Å². The van der Waals surface area contributed by atoms with Gasteiger partial charge in [0.25, 0.3) is 5.91 Å². The second-order valence-electron chi connectivity index (χ2n) is 5.74. The highest BCUT2D eigenvalue weighted by Crippen LogP contribution is 2.28. The van der Waals surface area contributed by atoms with Gasteiger partial charge in [-0.1, -0.05) is 15.9 Å². The maximum absolute atomic E-state index is 12.1. The lowest BCUT2D eigenvalue weighted by molar-refractivity contribution is -0.118. The predicted octanol–water partition coefficient (Wildman–Crippen LogP) is 4.05. The number of aromatic nitrogens is 1. The molecule has 2 aromatic rings. The molecule has 0 atom stereocenters. The second-order valence-corrected chi connectivity index (χ2v) is 6.60. The number of pyridine rings is 1. The number of aryl methyl sites for hydroxylation is 2. The zero-order valence-electron chi connectivity index (χ0n) is 13.1. The standard InChI is InChI=1S/C18H19BrN2O2/c1-12-10-13(6-7-15(12)19)21-18(22)11-23-17-8-9-20-16-5-3-2-4-14(16)17/h6-10H,2-5,11H2,1H3,(H,21,22). The van der Waals surface area contributed by atoms with Gasteiger partial charge in [0.1, 0.15) is 5.75 Å². The monoisotopic (exact) mass is 374 g/mol. The zero-order chi connectivity index (χ0) is 16.2. The van der Waals surface area contributed by atoms with Crippen LogP contribution in [0.15, 0.2) is 34.9 Å². The van der Waals surface area contributed by atoms with Crippen molar-refractivity contribution in [3.8, 4) is 5.75 Å². The minimum atomic E-state index is -0.159. The normalized spacial score (nSPS) is 13.3. The molecule has 23 heavy (non-hydrogen) atoms. The first-order valence-corrected chi connectivity index (χ1v) is 8.58. The molecule has 1 aliphatic rings. The van der Waals surface area contributed by atoms with Gasteiger partial charge in [-0.05, 0) is 62.4 Å². The number of hydrogen-bond acceptors (Lipinski definition) is 3. The Bertz CT molecular complexity index is 731. The van der Waals surface area contributed by atoms with Crippen molar-refractivity contribution >= 4 is 27.5 Å². The fraction of sp³-hybridized carbons (Fsp3) is 0.333. The third-order valence-electron chi connectivity index (χ3n) is 3.99. The van der Waals surface area contributed by atoms with Gasteiger partial charge < -0.3 is 10.1 Å². The summed E-state index contributed by atoms with van der Waals surface area (Å²) in [6, 6.07) is 7.56. The van der Waals surface area contributed by atoms with Crippen molar-refractivity contribution in [3.05, 3.63) is 51.8 Å². The Hall–Kier alpha value is -1.88. The number of amides is 1. The van der Waals surface area contributed by atoms with Gasteiger partial charge in [-0.25, -0.2) is 0 Å². The number of anilines is 1. The third kappa shape index (κ3) is 3.91. The quantitative estimate of drug-likeness (QED) is 0.877. The summed E-state index contributed by atoms with van der Waals surface area (Å²) in [7, 11) is 0. The van der Waals surface area contributed by atoms with E-state index in [4.69, 9.17) is 4.74 Å². The first-order chi connectivity index (χ1) is 11.1. The summed E-state index contributed by atoms with van der Waals surface area (Å²) >= 11 is 3.45. The lowest BCUT2D eigenvalue weighted by Crippen LogP contribution is -2.21. The van der Waals surface area contributed by atoms with Crippen LogP contribution >= 0.6 is 15.9 Å². The Balaban J connectivity index is 1.62. The first-order valence-electron chi connectivity index (χ1n) is 7.79. The average molecular weight is 375 g/mol. The van der Waals surface area contributed by atoms with E-state index < -0.39 is 0 Å². The van der Waals surface area contributed by atoms with Crippen LogP contribution in [0, 0.1) is 6.92 Å². The molecule has 3 rings (SSSR count). The van der Waals surface area contributed by atoms with Crippen LogP contribution in [0.25, 0.3) is 0 Å². The lowest BCUT2D eigenvalue weighted by Gasteiger charge is -2.18. The Morgan fingerprint density at radius 1 is 1.30 bits per heavy atom. The van der Waals surface area contributed by atoms with Crippen LogP contribution in [0.5, 0.6) is 5.75 Å². The average Bonchev–Trinajstić information content (AvgIpc) is 2.56. The number of fused-ring (bicyclic) bond motifs is 1. The SMILES string of the molecule is Cc1cc(NC(=O)COc2ccnc3c2CCCC3)ccc1Br.